The Labute approximate surface area is 97.9 Å². The van der Waals surface area contributed by atoms with E-state index in [0.29, 0.717) is 5.92 Å². The second kappa shape index (κ2) is 6.83. The van der Waals surface area contributed by atoms with Crippen molar-refractivity contribution in [2.24, 2.45) is 5.73 Å². The van der Waals surface area contributed by atoms with Gasteiger partial charge in [-0.25, -0.2) is 0 Å². The molecule has 0 heterocycles. The maximum atomic E-state index is 8.90. The molecule has 2 nitrogen and oxygen atoms in total. The van der Waals surface area contributed by atoms with E-state index in [1.54, 1.807) is 0 Å². The maximum Gasteiger partial charge on any atom is 0.0585 e. The second-order valence-electron chi connectivity index (χ2n) is 4.00. The number of benzene rings is 1. The van der Waals surface area contributed by atoms with Gasteiger partial charge in [0.25, 0.3) is 0 Å². The van der Waals surface area contributed by atoms with E-state index in [4.69, 9.17) is 10.8 Å². The van der Waals surface area contributed by atoms with Crippen LogP contribution in [-0.4, -0.2) is 17.8 Å². The fourth-order valence-electron chi connectivity index (χ4n) is 1.63. The van der Waals surface area contributed by atoms with Gasteiger partial charge in [-0.05, 0) is 23.5 Å². The molecule has 0 aromatic heterocycles. The molecule has 1 unspecified atom stereocenters. The molecule has 1 atom stereocenters. The standard InChI is InChI=1S/C12H19NO.ClH/c1-9(2)12-6-4-3-5-10(12)7-11(13)8-14;/h3-6,9,11,14H,7-8,13H2,1-2H3;1H. The van der Waals surface area contributed by atoms with Crippen LogP contribution in [0.3, 0.4) is 0 Å². The zero-order valence-corrected chi connectivity index (χ0v) is 10.1. The number of halogens is 1. The molecule has 0 radical (unpaired) electrons. The quantitative estimate of drug-likeness (QED) is 0.831. The lowest BCUT2D eigenvalue weighted by Crippen LogP contribution is -2.27. The molecule has 0 amide bonds. The first-order valence-corrected chi connectivity index (χ1v) is 5.09. The number of aliphatic hydroxyl groups excluding tert-OH is 1. The first-order valence-electron chi connectivity index (χ1n) is 5.09. The Morgan fingerprint density at radius 2 is 1.87 bits per heavy atom. The predicted octanol–water partition coefficient (Wildman–Crippen LogP) is 2.09. The number of rotatable bonds is 4. The summed E-state index contributed by atoms with van der Waals surface area (Å²) in [6.07, 6.45) is 0.755. The van der Waals surface area contributed by atoms with Crippen molar-refractivity contribution in [3.8, 4) is 0 Å². The maximum absolute atomic E-state index is 8.90. The van der Waals surface area contributed by atoms with E-state index in [1.165, 1.54) is 11.1 Å². The zero-order valence-electron chi connectivity index (χ0n) is 9.31. The van der Waals surface area contributed by atoms with Crippen molar-refractivity contribution in [3.05, 3.63) is 35.4 Å². The monoisotopic (exact) mass is 229 g/mol. The summed E-state index contributed by atoms with van der Waals surface area (Å²) in [7, 11) is 0. The van der Waals surface area contributed by atoms with Crippen LogP contribution in [0.15, 0.2) is 24.3 Å². The average molecular weight is 230 g/mol. The van der Waals surface area contributed by atoms with Crippen molar-refractivity contribution in [1.82, 2.24) is 0 Å². The normalized spacial score (nSPS) is 12.3. The Morgan fingerprint density at radius 3 is 2.40 bits per heavy atom. The highest BCUT2D eigenvalue weighted by atomic mass is 35.5. The number of aliphatic hydroxyl groups is 1. The highest BCUT2D eigenvalue weighted by Crippen LogP contribution is 2.19. The first-order chi connectivity index (χ1) is 6.65. The molecule has 15 heavy (non-hydrogen) atoms. The molecule has 0 aliphatic rings. The molecule has 86 valence electrons. The van der Waals surface area contributed by atoms with Crippen molar-refractivity contribution < 1.29 is 5.11 Å². The summed E-state index contributed by atoms with van der Waals surface area (Å²) in [5.41, 5.74) is 8.31. The van der Waals surface area contributed by atoms with Gasteiger partial charge in [-0.15, -0.1) is 12.4 Å². The van der Waals surface area contributed by atoms with Gasteiger partial charge in [-0.3, -0.25) is 0 Å². The smallest absolute Gasteiger partial charge is 0.0585 e. The van der Waals surface area contributed by atoms with E-state index < -0.39 is 0 Å². The molecule has 0 bridgehead atoms. The van der Waals surface area contributed by atoms with Gasteiger partial charge in [0.1, 0.15) is 0 Å². The van der Waals surface area contributed by atoms with Crippen LogP contribution in [0.4, 0.5) is 0 Å². The van der Waals surface area contributed by atoms with Crippen molar-refractivity contribution in [2.75, 3.05) is 6.61 Å². The van der Waals surface area contributed by atoms with E-state index in [-0.39, 0.29) is 25.1 Å². The number of nitrogens with two attached hydrogens (primary N) is 1. The molecule has 1 rings (SSSR count). The lowest BCUT2D eigenvalue weighted by Gasteiger charge is -2.15. The van der Waals surface area contributed by atoms with E-state index in [1.807, 2.05) is 12.1 Å². The highest BCUT2D eigenvalue weighted by molar-refractivity contribution is 5.85. The van der Waals surface area contributed by atoms with Crippen molar-refractivity contribution in [1.29, 1.82) is 0 Å². The van der Waals surface area contributed by atoms with Crippen molar-refractivity contribution in [3.63, 3.8) is 0 Å². The third kappa shape index (κ3) is 4.20. The van der Waals surface area contributed by atoms with E-state index in [2.05, 4.69) is 26.0 Å². The summed E-state index contributed by atoms with van der Waals surface area (Å²) in [6, 6.07) is 8.14. The fourth-order valence-corrected chi connectivity index (χ4v) is 1.63. The topological polar surface area (TPSA) is 46.2 Å². The van der Waals surface area contributed by atoms with Crippen LogP contribution in [0.2, 0.25) is 0 Å². The van der Waals surface area contributed by atoms with Crippen molar-refractivity contribution >= 4 is 12.4 Å². The zero-order chi connectivity index (χ0) is 10.6. The molecule has 3 heteroatoms. The molecule has 1 aromatic rings. The SMILES string of the molecule is CC(C)c1ccccc1CC(N)CO.Cl. The summed E-state index contributed by atoms with van der Waals surface area (Å²) in [6.45, 7) is 4.39. The van der Waals surface area contributed by atoms with E-state index >= 15 is 0 Å². The third-order valence-corrected chi connectivity index (χ3v) is 2.39. The minimum Gasteiger partial charge on any atom is -0.395 e. The van der Waals surface area contributed by atoms with Crippen LogP contribution in [-0.2, 0) is 6.42 Å². The summed E-state index contributed by atoms with van der Waals surface area (Å²) < 4.78 is 0. The molecule has 0 saturated carbocycles. The van der Waals surface area contributed by atoms with Gasteiger partial charge in [0.15, 0.2) is 0 Å². The Morgan fingerprint density at radius 1 is 1.27 bits per heavy atom. The van der Waals surface area contributed by atoms with Gasteiger partial charge in [-0.1, -0.05) is 38.1 Å². The van der Waals surface area contributed by atoms with Crippen LogP contribution in [0.1, 0.15) is 30.9 Å². The summed E-state index contributed by atoms with van der Waals surface area (Å²) >= 11 is 0. The van der Waals surface area contributed by atoms with Crippen LogP contribution in [0.5, 0.6) is 0 Å². The largest absolute Gasteiger partial charge is 0.395 e. The Hall–Kier alpha value is -0.570. The van der Waals surface area contributed by atoms with Gasteiger partial charge in [0.2, 0.25) is 0 Å². The Kier molecular flexibility index (Phi) is 6.57. The lowest BCUT2D eigenvalue weighted by atomic mass is 9.93. The number of hydrogen-bond donors (Lipinski definition) is 2. The van der Waals surface area contributed by atoms with Crippen LogP contribution < -0.4 is 5.73 Å². The summed E-state index contributed by atoms with van der Waals surface area (Å²) in [4.78, 5) is 0. The highest BCUT2D eigenvalue weighted by Gasteiger charge is 2.08. The average Bonchev–Trinajstić information content (AvgIpc) is 2.18. The first kappa shape index (κ1) is 14.4. The molecule has 3 N–H and O–H groups in total. The van der Waals surface area contributed by atoms with Gasteiger partial charge >= 0.3 is 0 Å². The second-order valence-corrected chi connectivity index (χ2v) is 4.00. The molecule has 0 aliphatic carbocycles. The third-order valence-electron chi connectivity index (χ3n) is 2.39. The molecule has 0 fully saturated rings. The predicted molar refractivity (Wildman–Crippen MR) is 66.5 cm³/mol. The molecular formula is C12H20ClNO. The van der Waals surface area contributed by atoms with Gasteiger partial charge in [0, 0.05) is 6.04 Å². The minimum atomic E-state index is -0.144. The van der Waals surface area contributed by atoms with Crippen LogP contribution in [0.25, 0.3) is 0 Å². The van der Waals surface area contributed by atoms with Crippen molar-refractivity contribution in [2.45, 2.75) is 32.2 Å². The van der Waals surface area contributed by atoms with Crippen LogP contribution >= 0.6 is 12.4 Å². The Balaban J connectivity index is 0.00000196. The van der Waals surface area contributed by atoms with Crippen LogP contribution in [0, 0.1) is 0 Å². The van der Waals surface area contributed by atoms with Gasteiger partial charge < -0.3 is 10.8 Å². The fraction of sp³-hybridized carbons (Fsp3) is 0.500. The molecular weight excluding hydrogens is 210 g/mol. The minimum absolute atomic E-state index is 0. The van der Waals surface area contributed by atoms with E-state index in [9.17, 15) is 0 Å². The van der Waals surface area contributed by atoms with E-state index in [0.717, 1.165) is 6.42 Å². The van der Waals surface area contributed by atoms with Gasteiger partial charge in [-0.2, -0.15) is 0 Å². The Bertz CT molecular complexity index is 289. The summed E-state index contributed by atoms with van der Waals surface area (Å²) in [5, 5.41) is 8.90. The molecule has 1 aromatic carbocycles. The lowest BCUT2D eigenvalue weighted by molar-refractivity contribution is 0.265. The molecule has 0 saturated heterocycles. The number of hydrogen-bond acceptors (Lipinski definition) is 2. The molecule has 0 aliphatic heterocycles. The molecule has 0 spiro atoms. The summed E-state index contributed by atoms with van der Waals surface area (Å²) in [5.74, 6) is 0.511. The van der Waals surface area contributed by atoms with Gasteiger partial charge in [0.05, 0.1) is 6.61 Å².